The Hall–Kier alpha value is -2.89. The summed E-state index contributed by atoms with van der Waals surface area (Å²) in [6.45, 7) is 6.55. The number of rotatable bonds is 60. The largest absolute Gasteiger partial charge is 0.462 e. The molecule has 0 aliphatic heterocycles. The number of hydrogen-bond acceptors (Lipinski definition) is 6. The van der Waals surface area contributed by atoms with Crippen LogP contribution in [0.2, 0.25) is 0 Å². The van der Waals surface area contributed by atoms with Crippen LogP contribution in [0.25, 0.3) is 0 Å². The quantitative estimate of drug-likeness (QED) is 0.0261. The Morgan fingerprint density at radius 3 is 0.827 bits per heavy atom. The maximum Gasteiger partial charge on any atom is 0.306 e. The standard InChI is InChI=1S/C69H124O6/c1-4-7-10-13-16-19-21-23-25-27-29-31-32-33-34-35-36-38-39-41-43-45-47-50-53-56-59-62-68(71)74-65-66(64-73-67(70)61-58-55-52-49-18-15-12-9-6-3)75-69(72)63-60-57-54-51-48-46-44-42-40-37-30-28-26-24-22-20-17-14-11-8-5-2/h7,10,16,19,23,25,28-31,66H,4-6,8-9,11-15,17-18,20-22,24,26-27,32-65H2,1-3H3/b10-7-,19-16-,25-23-,30-28-,31-29-. The molecule has 0 aromatic rings. The van der Waals surface area contributed by atoms with Crippen LogP contribution in [0.4, 0.5) is 0 Å². The lowest BCUT2D eigenvalue weighted by Gasteiger charge is -2.18. The fourth-order valence-corrected chi connectivity index (χ4v) is 9.61. The third kappa shape index (κ3) is 61.8. The van der Waals surface area contributed by atoms with Gasteiger partial charge in [-0.05, 0) is 83.5 Å². The Morgan fingerprint density at radius 2 is 0.520 bits per heavy atom. The molecule has 6 heteroatoms. The summed E-state index contributed by atoms with van der Waals surface area (Å²) in [5.74, 6) is -0.858. The molecule has 0 amide bonds. The highest BCUT2D eigenvalue weighted by molar-refractivity contribution is 5.71. The number of hydrogen-bond donors (Lipinski definition) is 0. The number of unbranched alkanes of at least 4 members (excludes halogenated alkanes) is 39. The molecule has 436 valence electrons. The van der Waals surface area contributed by atoms with Crippen LogP contribution in [0.3, 0.4) is 0 Å². The highest BCUT2D eigenvalue weighted by Gasteiger charge is 2.19. The van der Waals surface area contributed by atoms with Crippen molar-refractivity contribution in [3.05, 3.63) is 60.8 Å². The van der Waals surface area contributed by atoms with E-state index in [9.17, 15) is 14.4 Å². The second-order valence-corrected chi connectivity index (χ2v) is 22.0. The first-order chi connectivity index (χ1) is 37.0. The van der Waals surface area contributed by atoms with Crippen LogP contribution in [-0.2, 0) is 28.6 Å². The van der Waals surface area contributed by atoms with Crippen LogP contribution in [0.1, 0.15) is 342 Å². The summed E-state index contributed by atoms with van der Waals surface area (Å²) in [6.07, 6.45) is 81.0. The zero-order valence-corrected chi connectivity index (χ0v) is 50.1. The van der Waals surface area contributed by atoms with E-state index in [2.05, 4.69) is 81.5 Å². The van der Waals surface area contributed by atoms with Gasteiger partial charge in [0.2, 0.25) is 0 Å². The van der Waals surface area contributed by atoms with E-state index >= 15 is 0 Å². The van der Waals surface area contributed by atoms with E-state index in [1.54, 1.807) is 0 Å². The first kappa shape index (κ1) is 72.1. The van der Waals surface area contributed by atoms with Gasteiger partial charge in [-0.2, -0.15) is 0 Å². The zero-order chi connectivity index (χ0) is 54.3. The molecule has 0 saturated carbocycles. The molecule has 0 aromatic heterocycles. The van der Waals surface area contributed by atoms with E-state index in [0.29, 0.717) is 19.3 Å². The maximum atomic E-state index is 12.9. The van der Waals surface area contributed by atoms with Crippen LogP contribution in [0, 0.1) is 0 Å². The first-order valence-electron chi connectivity index (χ1n) is 32.8. The molecule has 0 bridgehead atoms. The van der Waals surface area contributed by atoms with Gasteiger partial charge in [0.25, 0.3) is 0 Å². The molecule has 0 spiro atoms. The molecule has 0 saturated heterocycles. The Morgan fingerprint density at radius 1 is 0.280 bits per heavy atom. The number of allylic oxidation sites excluding steroid dienone is 10. The van der Waals surface area contributed by atoms with Crippen molar-refractivity contribution in [1.29, 1.82) is 0 Å². The van der Waals surface area contributed by atoms with Crippen molar-refractivity contribution >= 4 is 17.9 Å². The van der Waals surface area contributed by atoms with Gasteiger partial charge in [0.1, 0.15) is 13.2 Å². The van der Waals surface area contributed by atoms with Gasteiger partial charge in [0.15, 0.2) is 6.10 Å². The van der Waals surface area contributed by atoms with Crippen LogP contribution in [-0.4, -0.2) is 37.2 Å². The fourth-order valence-electron chi connectivity index (χ4n) is 9.61. The second kappa shape index (κ2) is 63.6. The molecule has 75 heavy (non-hydrogen) atoms. The number of esters is 3. The summed E-state index contributed by atoms with van der Waals surface area (Å²) in [5, 5.41) is 0. The molecular weight excluding hydrogens is 925 g/mol. The van der Waals surface area contributed by atoms with Crippen molar-refractivity contribution in [2.75, 3.05) is 13.2 Å². The summed E-state index contributed by atoms with van der Waals surface area (Å²) < 4.78 is 16.9. The summed E-state index contributed by atoms with van der Waals surface area (Å²) in [4.78, 5) is 38.2. The van der Waals surface area contributed by atoms with Gasteiger partial charge < -0.3 is 14.2 Å². The third-order valence-corrected chi connectivity index (χ3v) is 14.5. The molecule has 0 radical (unpaired) electrons. The maximum absolute atomic E-state index is 12.9. The lowest BCUT2D eigenvalue weighted by molar-refractivity contribution is -0.167. The first-order valence-corrected chi connectivity index (χ1v) is 32.8. The summed E-state index contributed by atoms with van der Waals surface area (Å²) in [7, 11) is 0. The minimum absolute atomic E-state index is 0.0708. The smallest absolute Gasteiger partial charge is 0.306 e. The Balaban J connectivity index is 4.16. The van der Waals surface area contributed by atoms with Crippen LogP contribution in [0.15, 0.2) is 60.8 Å². The molecule has 0 rings (SSSR count). The van der Waals surface area contributed by atoms with Gasteiger partial charge in [-0.25, -0.2) is 0 Å². The molecule has 0 N–H and O–H groups in total. The Bertz CT molecular complexity index is 1340. The lowest BCUT2D eigenvalue weighted by atomic mass is 10.0. The zero-order valence-electron chi connectivity index (χ0n) is 50.1. The third-order valence-electron chi connectivity index (χ3n) is 14.5. The second-order valence-electron chi connectivity index (χ2n) is 22.0. The molecule has 0 aromatic carbocycles. The molecule has 6 nitrogen and oxygen atoms in total. The van der Waals surface area contributed by atoms with E-state index in [4.69, 9.17) is 14.2 Å². The van der Waals surface area contributed by atoms with Gasteiger partial charge >= 0.3 is 17.9 Å². The normalized spacial score (nSPS) is 12.4. The SMILES string of the molecule is CC/C=C\C/C=C\C/C=C\C/C=C\CCCCCCCCCCCCCCCCC(=O)OCC(COC(=O)CCCCCCCCCCC)OC(=O)CCCCCCCCCCC/C=C\CCCCCCCCCC. The molecule has 0 aliphatic carbocycles. The van der Waals surface area contributed by atoms with E-state index in [-0.39, 0.29) is 31.1 Å². The minimum Gasteiger partial charge on any atom is -0.462 e. The van der Waals surface area contributed by atoms with Crippen molar-refractivity contribution in [2.45, 2.75) is 348 Å². The Kier molecular flexibility index (Phi) is 61.2. The monoisotopic (exact) mass is 1050 g/mol. The summed E-state index contributed by atoms with van der Waals surface area (Å²) >= 11 is 0. The average molecular weight is 1050 g/mol. The van der Waals surface area contributed by atoms with Crippen molar-refractivity contribution in [1.82, 2.24) is 0 Å². The number of ether oxygens (including phenoxy) is 3. The number of carbonyl (C=O) groups is 3. The summed E-state index contributed by atoms with van der Waals surface area (Å²) in [6, 6.07) is 0. The van der Waals surface area contributed by atoms with Crippen LogP contribution >= 0.6 is 0 Å². The van der Waals surface area contributed by atoms with Gasteiger partial charge in [-0.15, -0.1) is 0 Å². The van der Waals surface area contributed by atoms with Gasteiger partial charge in [-0.1, -0.05) is 300 Å². The van der Waals surface area contributed by atoms with Crippen molar-refractivity contribution in [3.63, 3.8) is 0 Å². The van der Waals surface area contributed by atoms with Crippen molar-refractivity contribution in [3.8, 4) is 0 Å². The topological polar surface area (TPSA) is 78.9 Å². The van der Waals surface area contributed by atoms with Gasteiger partial charge in [0, 0.05) is 19.3 Å². The molecular formula is C69H124O6. The molecule has 0 heterocycles. The molecule has 1 unspecified atom stereocenters. The van der Waals surface area contributed by atoms with Gasteiger partial charge in [-0.3, -0.25) is 14.4 Å². The Labute approximate surface area is 466 Å². The summed E-state index contributed by atoms with van der Waals surface area (Å²) in [5.41, 5.74) is 0. The predicted octanol–water partition coefficient (Wildman–Crippen LogP) is 22.3. The van der Waals surface area contributed by atoms with E-state index < -0.39 is 6.10 Å². The minimum atomic E-state index is -0.772. The lowest BCUT2D eigenvalue weighted by Crippen LogP contribution is -2.30. The van der Waals surface area contributed by atoms with Crippen LogP contribution in [0.5, 0.6) is 0 Å². The van der Waals surface area contributed by atoms with Crippen molar-refractivity contribution < 1.29 is 28.6 Å². The van der Waals surface area contributed by atoms with E-state index in [1.807, 2.05) is 0 Å². The van der Waals surface area contributed by atoms with Crippen molar-refractivity contribution in [2.24, 2.45) is 0 Å². The predicted molar refractivity (Wildman–Crippen MR) is 325 cm³/mol. The van der Waals surface area contributed by atoms with E-state index in [1.165, 1.54) is 218 Å². The van der Waals surface area contributed by atoms with Crippen LogP contribution < -0.4 is 0 Å². The number of carbonyl (C=O) groups excluding carboxylic acids is 3. The average Bonchev–Trinajstić information content (AvgIpc) is 3.41. The fraction of sp³-hybridized carbons (Fsp3) is 0.812. The molecule has 1 atom stereocenters. The highest BCUT2D eigenvalue weighted by Crippen LogP contribution is 2.17. The van der Waals surface area contributed by atoms with Gasteiger partial charge in [0.05, 0.1) is 0 Å². The highest BCUT2D eigenvalue weighted by atomic mass is 16.6. The molecule has 0 aliphatic rings. The molecule has 0 fully saturated rings. The van der Waals surface area contributed by atoms with E-state index in [0.717, 1.165) is 83.5 Å².